The molecule has 0 saturated carbocycles. The molecule has 4 amide bonds. The maximum atomic E-state index is 13.6. The second-order valence-corrected chi connectivity index (χ2v) is 9.01. The fourth-order valence-corrected chi connectivity index (χ4v) is 4.54. The highest BCUT2D eigenvalue weighted by Crippen LogP contribution is 2.27. The van der Waals surface area contributed by atoms with Crippen LogP contribution in [0, 0.1) is 5.82 Å². The highest BCUT2D eigenvalue weighted by Gasteiger charge is 2.30. The van der Waals surface area contributed by atoms with Gasteiger partial charge in [-0.15, -0.1) is 10.2 Å². The van der Waals surface area contributed by atoms with Crippen molar-refractivity contribution in [3.05, 3.63) is 59.9 Å². The van der Waals surface area contributed by atoms with Crippen molar-refractivity contribution in [2.75, 3.05) is 21.3 Å². The number of rotatable bonds is 7. The van der Waals surface area contributed by atoms with Gasteiger partial charge in [0.1, 0.15) is 5.82 Å². The molecule has 0 bridgehead atoms. The van der Waals surface area contributed by atoms with Crippen LogP contribution in [0.4, 0.5) is 20.9 Å². The standard InChI is InChI=1S/C21H16FN5O4S2/c22-14-3-1-2-4-15(14)23-16(28)11-32-21-26-25-20(33-21)24-19(31)12-5-7-13(8-6-12)27-17(29)9-10-18(27)30/h1-8H,9-11H2,(H,23,28)(H,24,25,31). The number of para-hydroxylation sites is 1. The van der Waals surface area contributed by atoms with Gasteiger partial charge in [0.25, 0.3) is 5.91 Å². The van der Waals surface area contributed by atoms with Crippen molar-refractivity contribution < 1.29 is 23.6 Å². The molecule has 0 aliphatic carbocycles. The number of imide groups is 1. The average molecular weight is 486 g/mol. The van der Waals surface area contributed by atoms with Crippen LogP contribution in [0.1, 0.15) is 23.2 Å². The van der Waals surface area contributed by atoms with E-state index in [0.717, 1.165) is 28.0 Å². The number of amides is 4. The third-order valence-electron chi connectivity index (χ3n) is 4.54. The van der Waals surface area contributed by atoms with Crippen molar-refractivity contribution in [2.24, 2.45) is 0 Å². The first-order valence-corrected chi connectivity index (χ1v) is 11.5. The first kappa shape index (κ1) is 22.6. The molecule has 1 saturated heterocycles. The molecule has 2 heterocycles. The van der Waals surface area contributed by atoms with Crippen molar-refractivity contribution in [1.29, 1.82) is 0 Å². The minimum absolute atomic E-state index is 0.00762. The number of thioether (sulfide) groups is 1. The summed E-state index contributed by atoms with van der Waals surface area (Å²) in [5, 5.41) is 13.1. The molecule has 4 rings (SSSR count). The van der Waals surface area contributed by atoms with Crippen LogP contribution in [0.2, 0.25) is 0 Å². The second kappa shape index (κ2) is 9.88. The van der Waals surface area contributed by atoms with Crippen LogP contribution >= 0.6 is 23.1 Å². The number of hydrogen-bond donors (Lipinski definition) is 2. The lowest BCUT2D eigenvalue weighted by atomic mass is 10.2. The maximum Gasteiger partial charge on any atom is 0.257 e. The van der Waals surface area contributed by atoms with Gasteiger partial charge < -0.3 is 5.32 Å². The zero-order valence-corrected chi connectivity index (χ0v) is 18.5. The summed E-state index contributed by atoms with van der Waals surface area (Å²) in [6, 6.07) is 11.9. The summed E-state index contributed by atoms with van der Waals surface area (Å²) in [6.07, 6.45) is 0.368. The fraction of sp³-hybridized carbons (Fsp3) is 0.143. The summed E-state index contributed by atoms with van der Waals surface area (Å²) in [4.78, 5) is 49.2. The van der Waals surface area contributed by atoms with Gasteiger partial charge in [-0.2, -0.15) is 0 Å². The topological polar surface area (TPSA) is 121 Å². The average Bonchev–Trinajstić information content (AvgIpc) is 3.39. The summed E-state index contributed by atoms with van der Waals surface area (Å²) in [5.74, 6) is -1.90. The van der Waals surface area contributed by atoms with E-state index in [-0.39, 0.29) is 41.2 Å². The van der Waals surface area contributed by atoms with E-state index in [1.165, 1.54) is 42.5 Å². The van der Waals surface area contributed by atoms with E-state index < -0.39 is 17.6 Å². The number of nitrogens with zero attached hydrogens (tertiary/aromatic N) is 3. The van der Waals surface area contributed by atoms with E-state index >= 15 is 0 Å². The van der Waals surface area contributed by atoms with E-state index in [1.54, 1.807) is 6.07 Å². The van der Waals surface area contributed by atoms with Gasteiger partial charge in [-0.3, -0.25) is 29.4 Å². The van der Waals surface area contributed by atoms with Gasteiger partial charge in [-0.25, -0.2) is 4.39 Å². The summed E-state index contributed by atoms with van der Waals surface area (Å²) in [5.41, 5.74) is 0.826. The molecule has 0 radical (unpaired) electrons. The largest absolute Gasteiger partial charge is 0.323 e. The van der Waals surface area contributed by atoms with Crippen molar-refractivity contribution in [3.8, 4) is 0 Å². The molecule has 0 spiro atoms. The molecule has 1 aliphatic heterocycles. The summed E-state index contributed by atoms with van der Waals surface area (Å²) < 4.78 is 14.1. The molecule has 1 fully saturated rings. The van der Waals surface area contributed by atoms with Crippen LogP contribution in [-0.4, -0.2) is 39.6 Å². The minimum atomic E-state index is -0.525. The van der Waals surface area contributed by atoms with Gasteiger partial charge in [0.15, 0.2) is 4.34 Å². The smallest absolute Gasteiger partial charge is 0.257 e. The number of aromatic nitrogens is 2. The predicted octanol–water partition coefficient (Wildman–Crippen LogP) is 3.31. The van der Waals surface area contributed by atoms with E-state index in [9.17, 15) is 23.6 Å². The van der Waals surface area contributed by atoms with Crippen LogP contribution in [0.3, 0.4) is 0 Å². The lowest BCUT2D eigenvalue weighted by Crippen LogP contribution is -2.28. The lowest BCUT2D eigenvalue weighted by molar-refractivity contribution is -0.121. The highest BCUT2D eigenvalue weighted by molar-refractivity contribution is 8.01. The Hall–Kier alpha value is -3.64. The van der Waals surface area contributed by atoms with Gasteiger partial charge in [0, 0.05) is 18.4 Å². The maximum absolute atomic E-state index is 13.6. The van der Waals surface area contributed by atoms with Crippen molar-refractivity contribution in [3.63, 3.8) is 0 Å². The molecule has 33 heavy (non-hydrogen) atoms. The van der Waals surface area contributed by atoms with Crippen LogP contribution in [0.15, 0.2) is 52.9 Å². The third kappa shape index (κ3) is 5.41. The van der Waals surface area contributed by atoms with Crippen molar-refractivity contribution in [1.82, 2.24) is 10.2 Å². The normalized spacial score (nSPS) is 13.3. The first-order chi connectivity index (χ1) is 15.9. The van der Waals surface area contributed by atoms with Gasteiger partial charge in [0.2, 0.25) is 22.9 Å². The molecule has 168 valence electrons. The Labute approximate surface area is 195 Å². The monoisotopic (exact) mass is 485 g/mol. The Morgan fingerprint density at radius 1 is 1.00 bits per heavy atom. The fourth-order valence-electron chi connectivity index (χ4n) is 2.99. The first-order valence-electron chi connectivity index (χ1n) is 9.68. The Kier molecular flexibility index (Phi) is 6.75. The Morgan fingerprint density at radius 2 is 1.70 bits per heavy atom. The SMILES string of the molecule is O=C(CSc1nnc(NC(=O)c2ccc(N3C(=O)CCC3=O)cc2)s1)Nc1ccccc1F. The molecule has 2 aromatic carbocycles. The van der Waals surface area contributed by atoms with E-state index in [4.69, 9.17) is 0 Å². The lowest BCUT2D eigenvalue weighted by Gasteiger charge is -2.13. The quantitative estimate of drug-likeness (QED) is 0.299. The second-order valence-electron chi connectivity index (χ2n) is 6.81. The molecule has 3 aromatic rings. The van der Waals surface area contributed by atoms with Crippen LogP contribution in [0.5, 0.6) is 0 Å². The zero-order valence-electron chi connectivity index (χ0n) is 16.9. The molecule has 9 nitrogen and oxygen atoms in total. The molecular formula is C21H16FN5O4S2. The summed E-state index contributed by atoms with van der Waals surface area (Å²) in [6.45, 7) is 0. The molecule has 0 atom stereocenters. The summed E-state index contributed by atoms with van der Waals surface area (Å²) >= 11 is 2.19. The van der Waals surface area contributed by atoms with Crippen LogP contribution in [-0.2, 0) is 14.4 Å². The number of nitrogens with one attached hydrogen (secondary N) is 2. The Balaban J connectivity index is 1.30. The number of halogens is 1. The molecule has 2 N–H and O–H groups in total. The predicted molar refractivity (Wildman–Crippen MR) is 122 cm³/mol. The van der Waals surface area contributed by atoms with Crippen molar-refractivity contribution in [2.45, 2.75) is 17.2 Å². The molecular weight excluding hydrogens is 469 g/mol. The van der Waals surface area contributed by atoms with Crippen molar-refractivity contribution >= 4 is 63.2 Å². The molecule has 12 heteroatoms. The van der Waals surface area contributed by atoms with Crippen LogP contribution in [0.25, 0.3) is 0 Å². The van der Waals surface area contributed by atoms with Gasteiger partial charge in [-0.05, 0) is 36.4 Å². The summed E-state index contributed by atoms with van der Waals surface area (Å²) in [7, 11) is 0. The Bertz CT molecular complexity index is 1220. The van der Waals surface area contributed by atoms with Crippen LogP contribution < -0.4 is 15.5 Å². The number of carbonyl (C=O) groups is 4. The van der Waals surface area contributed by atoms with Gasteiger partial charge in [0.05, 0.1) is 17.1 Å². The number of anilines is 3. The number of hydrogen-bond acceptors (Lipinski definition) is 8. The number of benzene rings is 2. The molecule has 1 aliphatic rings. The van der Waals surface area contributed by atoms with Gasteiger partial charge in [-0.1, -0.05) is 35.2 Å². The van der Waals surface area contributed by atoms with E-state index in [2.05, 4.69) is 20.8 Å². The van der Waals surface area contributed by atoms with Gasteiger partial charge >= 0.3 is 0 Å². The van der Waals surface area contributed by atoms with E-state index in [0.29, 0.717) is 15.6 Å². The number of carbonyl (C=O) groups excluding carboxylic acids is 4. The zero-order chi connectivity index (χ0) is 23.4. The molecule has 1 aromatic heterocycles. The molecule has 0 unspecified atom stereocenters. The Morgan fingerprint density at radius 3 is 2.39 bits per heavy atom. The third-order valence-corrected chi connectivity index (χ3v) is 6.51. The van der Waals surface area contributed by atoms with E-state index in [1.807, 2.05) is 0 Å². The minimum Gasteiger partial charge on any atom is -0.323 e. The highest BCUT2D eigenvalue weighted by atomic mass is 32.2.